The summed E-state index contributed by atoms with van der Waals surface area (Å²) in [6.45, 7) is 2.04. The molecule has 0 radical (unpaired) electrons. The number of aliphatic hydroxyl groups excluding tert-OH is 1. The van der Waals surface area contributed by atoms with Crippen molar-refractivity contribution >= 4 is 0 Å². The Kier molecular flexibility index (Phi) is 5.17. The van der Waals surface area contributed by atoms with Crippen molar-refractivity contribution in [2.75, 3.05) is 13.7 Å². The maximum atomic E-state index is 13.3. The number of benzene rings is 2. The first-order valence-corrected chi connectivity index (χ1v) is 6.83. The van der Waals surface area contributed by atoms with Gasteiger partial charge in [-0.2, -0.15) is 0 Å². The number of ether oxygens (including phenoxy) is 2. The SMILES string of the molecule is COc1ccc(CCOc2cc(F)ccc2[C@@H](C)O)cc1. The Balaban J connectivity index is 1.97. The molecule has 2 aromatic rings. The minimum absolute atomic E-state index is 0.376. The summed E-state index contributed by atoms with van der Waals surface area (Å²) in [4.78, 5) is 0. The van der Waals surface area contributed by atoms with Crippen LogP contribution in [-0.4, -0.2) is 18.8 Å². The Morgan fingerprint density at radius 2 is 1.86 bits per heavy atom. The highest BCUT2D eigenvalue weighted by Gasteiger charge is 2.10. The van der Waals surface area contributed by atoms with E-state index in [0.717, 1.165) is 11.3 Å². The van der Waals surface area contributed by atoms with Gasteiger partial charge >= 0.3 is 0 Å². The van der Waals surface area contributed by atoms with Crippen LogP contribution < -0.4 is 9.47 Å². The highest BCUT2D eigenvalue weighted by atomic mass is 19.1. The minimum Gasteiger partial charge on any atom is -0.497 e. The zero-order valence-corrected chi connectivity index (χ0v) is 12.2. The van der Waals surface area contributed by atoms with Crippen LogP contribution in [-0.2, 0) is 6.42 Å². The molecule has 1 N–H and O–H groups in total. The highest BCUT2D eigenvalue weighted by Crippen LogP contribution is 2.26. The summed E-state index contributed by atoms with van der Waals surface area (Å²) in [5.41, 5.74) is 1.69. The monoisotopic (exact) mass is 290 g/mol. The van der Waals surface area contributed by atoms with E-state index < -0.39 is 6.10 Å². The Morgan fingerprint density at radius 1 is 1.14 bits per heavy atom. The zero-order chi connectivity index (χ0) is 15.2. The summed E-state index contributed by atoms with van der Waals surface area (Å²) < 4.78 is 24.0. The second-order valence-electron chi connectivity index (χ2n) is 4.80. The lowest BCUT2D eigenvalue weighted by atomic mass is 10.1. The molecule has 0 heterocycles. The van der Waals surface area contributed by atoms with Crippen LogP contribution in [0.15, 0.2) is 42.5 Å². The highest BCUT2D eigenvalue weighted by molar-refractivity contribution is 5.35. The van der Waals surface area contributed by atoms with Gasteiger partial charge in [0.25, 0.3) is 0 Å². The first-order valence-electron chi connectivity index (χ1n) is 6.83. The molecule has 0 amide bonds. The van der Waals surface area contributed by atoms with E-state index in [1.54, 1.807) is 20.1 Å². The lowest BCUT2D eigenvalue weighted by Crippen LogP contribution is -2.05. The van der Waals surface area contributed by atoms with Crippen molar-refractivity contribution < 1.29 is 19.0 Å². The van der Waals surface area contributed by atoms with Crippen molar-refractivity contribution in [2.45, 2.75) is 19.4 Å². The fourth-order valence-electron chi connectivity index (χ4n) is 2.05. The van der Waals surface area contributed by atoms with E-state index in [-0.39, 0.29) is 5.82 Å². The number of methoxy groups -OCH3 is 1. The third-order valence-electron chi connectivity index (χ3n) is 3.23. The summed E-state index contributed by atoms with van der Waals surface area (Å²) in [6, 6.07) is 11.9. The van der Waals surface area contributed by atoms with Crippen LogP contribution in [0.25, 0.3) is 0 Å². The fraction of sp³-hybridized carbons (Fsp3) is 0.294. The normalized spacial score (nSPS) is 12.0. The molecule has 0 unspecified atom stereocenters. The van der Waals surface area contributed by atoms with Gasteiger partial charge in [-0.3, -0.25) is 0 Å². The second-order valence-corrected chi connectivity index (χ2v) is 4.80. The van der Waals surface area contributed by atoms with Gasteiger partial charge in [0.1, 0.15) is 17.3 Å². The van der Waals surface area contributed by atoms with Crippen molar-refractivity contribution in [3.05, 3.63) is 59.4 Å². The zero-order valence-electron chi connectivity index (χ0n) is 12.2. The van der Waals surface area contributed by atoms with Gasteiger partial charge in [0.2, 0.25) is 0 Å². The average Bonchev–Trinajstić information content (AvgIpc) is 2.48. The molecule has 0 saturated carbocycles. The first-order chi connectivity index (χ1) is 10.1. The molecule has 4 heteroatoms. The van der Waals surface area contributed by atoms with E-state index in [1.165, 1.54) is 12.1 Å². The van der Waals surface area contributed by atoms with Gasteiger partial charge in [0.15, 0.2) is 0 Å². The number of aliphatic hydroxyl groups is 1. The summed E-state index contributed by atoms with van der Waals surface area (Å²) in [7, 11) is 1.62. The molecule has 0 aromatic heterocycles. The summed E-state index contributed by atoms with van der Waals surface area (Å²) >= 11 is 0. The maximum Gasteiger partial charge on any atom is 0.128 e. The molecule has 0 fully saturated rings. The molecule has 21 heavy (non-hydrogen) atoms. The van der Waals surface area contributed by atoms with Crippen LogP contribution in [0.5, 0.6) is 11.5 Å². The average molecular weight is 290 g/mol. The molecule has 2 rings (SSSR count). The molecule has 0 aliphatic heterocycles. The van der Waals surface area contributed by atoms with Crippen molar-refractivity contribution in [3.63, 3.8) is 0 Å². The third-order valence-corrected chi connectivity index (χ3v) is 3.23. The number of hydrogen-bond acceptors (Lipinski definition) is 3. The van der Waals surface area contributed by atoms with E-state index in [2.05, 4.69) is 0 Å². The molecule has 112 valence electrons. The van der Waals surface area contributed by atoms with E-state index in [9.17, 15) is 9.50 Å². The Bertz CT molecular complexity index is 579. The second kappa shape index (κ2) is 7.09. The molecule has 0 aliphatic rings. The third kappa shape index (κ3) is 4.20. The van der Waals surface area contributed by atoms with Gasteiger partial charge in [-0.25, -0.2) is 4.39 Å². The number of halogens is 1. The van der Waals surface area contributed by atoms with Gasteiger partial charge in [-0.15, -0.1) is 0 Å². The van der Waals surface area contributed by atoms with E-state index in [1.807, 2.05) is 24.3 Å². The largest absolute Gasteiger partial charge is 0.497 e. The molecule has 1 atom stereocenters. The summed E-state index contributed by atoms with van der Waals surface area (Å²) in [5, 5.41) is 9.65. The lowest BCUT2D eigenvalue weighted by molar-refractivity contribution is 0.191. The van der Waals surface area contributed by atoms with Crippen molar-refractivity contribution in [1.82, 2.24) is 0 Å². The number of hydrogen-bond donors (Lipinski definition) is 1. The molecule has 0 saturated heterocycles. The fourth-order valence-corrected chi connectivity index (χ4v) is 2.05. The Hall–Kier alpha value is -2.07. The quantitative estimate of drug-likeness (QED) is 0.885. The standard InChI is InChI=1S/C17H19FO3/c1-12(19)16-8-5-14(18)11-17(16)21-10-9-13-3-6-15(20-2)7-4-13/h3-8,11-12,19H,9-10H2,1-2H3/t12-/m1/s1. The predicted molar refractivity (Wildman–Crippen MR) is 79.2 cm³/mol. The van der Waals surface area contributed by atoms with Gasteiger partial charge in [0, 0.05) is 18.1 Å². The molecule has 2 aromatic carbocycles. The van der Waals surface area contributed by atoms with Gasteiger partial charge < -0.3 is 14.6 Å². The summed E-state index contributed by atoms with van der Waals surface area (Å²) in [6.07, 6.45) is 0.00123. The van der Waals surface area contributed by atoms with Crippen molar-refractivity contribution in [3.8, 4) is 11.5 Å². The minimum atomic E-state index is -0.693. The molecular weight excluding hydrogens is 271 g/mol. The van der Waals surface area contributed by atoms with Gasteiger partial charge in [0.05, 0.1) is 19.8 Å². The Labute approximate surface area is 124 Å². The lowest BCUT2D eigenvalue weighted by Gasteiger charge is -2.13. The van der Waals surface area contributed by atoms with E-state index in [4.69, 9.17) is 9.47 Å². The first kappa shape index (κ1) is 15.3. The predicted octanol–water partition coefficient (Wildman–Crippen LogP) is 3.51. The Morgan fingerprint density at radius 3 is 2.48 bits per heavy atom. The molecule has 0 spiro atoms. The molecule has 0 bridgehead atoms. The molecule has 3 nitrogen and oxygen atoms in total. The van der Waals surface area contributed by atoms with Gasteiger partial charge in [-0.1, -0.05) is 12.1 Å². The molecule has 0 aliphatic carbocycles. The maximum absolute atomic E-state index is 13.3. The van der Waals surface area contributed by atoms with Crippen LogP contribution in [0.2, 0.25) is 0 Å². The van der Waals surface area contributed by atoms with Crippen molar-refractivity contribution in [2.24, 2.45) is 0 Å². The van der Waals surface area contributed by atoms with Crippen LogP contribution in [0.4, 0.5) is 4.39 Å². The van der Waals surface area contributed by atoms with Crippen LogP contribution >= 0.6 is 0 Å². The smallest absolute Gasteiger partial charge is 0.128 e. The van der Waals surface area contributed by atoms with E-state index >= 15 is 0 Å². The van der Waals surface area contributed by atoms with Gasteiger partial charge in [-0.05, 0) is 36.8 Å². The topological polar surface area (TPSA) is 38.7 Å². The van der Waals surface area contributed by atoms with Crippen LogP contribution in [0, 0.1) is 5.82 Å². The molecular formula is C17H19FO3. The van der Waals surface area contributed by atoms with Crippen LogP contribution in [0.3, 0.4) is 0 Å². The van der Waals surface area contributed by atoms with Crippen LogP contribution in [0.1, 0.15) is 24.2 Å². The number of rotatable bonds is 6. The summed E-state index contributed by atoms with van der Waals surface area (Å²) in [5.74, 6) is 0.818. The van der Waals surface area contributed by atoms with Crippen molar-refractivity contribution in [1.29, 1.82) is 0 Å². The van der Waals surface area contributed by atoms with E-state index in [0.29, 0.717) is 24.3 Å².